The predicted molar refractivity (Wildman–Crippen MR) is 73.5 cm³/mol. The van der Waals surface area contributed by atoms with E-state index < -0.39 is 31.1 Å². The molecule has 1 fully saturated rings. The monoisotopic (exact) mass is 330 g/mol. The molecule has 1 aliphatic rings. The van der Waals surface area contributed by atoms with Crippen molar-refractivity contribution in [1.82, 2.24) is 19.5 Å². The Kier molecular flexibility index (Phi) is 4.06. The third-order valence-corrected chi connectivity index (χ3v) is 3.66. The first-order valence-corrected chi connectivity index (χ1v) is 6.74. The number of aromatic nitrogens is 4. The lowest BCUT2D eigenvalue weighted by atomic mass is 10.1. The number of halogens is 2. The molecule has 0 aromatic carbocycles. The minimum atomic E-state index is -1.29. The number of aliphatic hydroxyl groups is 3. The minimum absolute atomic E-state index is 0.0172. The molecule has 118 valence electrons. The Hall–Kier alpha value is -1.65. The van der Waals surface area contributed by atoms with E-state index in [-0.39, 0.29) is 28.5 Å². The van der Waals surface area contributed by atoms with Crippen LogP contribution in [0.2, 0.25) is 5.15 Å². The van der Waals surface area contributed by atoms with Crippen LogP contribution in [0, 0.1) is 0 Å². The summed E-state index contributed by atoms with van der Waals surface area (Å²) in [5.74, 6) is 0.0218. The Labute approximate surface area is 128 Å². The maximum absolute atomic E-state index is 12.3. The predicted octanol–water partition coefficient (Wildman–Crippen LogP) is 0.0314. The van der Waals surface area contributed by atoms with Crippen LogP contribution in [0.4, 0.5) is 4.39 Å². The number of aliphatic hydroxyl groups excluding tert-OH is 3. The van der Waals surface area contributed by atoms with Gasteiger partial charge in [0.1, 0.15) is 23.8 Å². The topological polar surface area (TPSA) is 114 Å². The van der Waals surface area contributed by atoms with Crippen LogP contribution in [0.15, 0.2) is 12.7 Å². The summed E-state index contributed by atoms with van der Waals surface area (Å²) in [6.07, 6.45) is -1.89. The van der Waals surface area contributed by atoms with Crippen LogP contribution in [0.1, 0.15) is 12.1 Å². The van der Waals surface area contributed by atoms with Crippen molar-refractivity contribution in [1.29, 1.82) is 0 Å². The second kappa shape index (κ2) is 5.86. The summed E-state index contributed by atoms with van der Waals surface area (Å²) in [4.78, 5) is 12.0. The van der Waals surface area contributed by atoms with Crippen molar-refractivity contribution in [2.45, 2.75) is 24.5 Å². The Morgan fingerprint density at radius 2 is 2.14 bits per heavy atom. The lowest BCUT2D eigenvalue weighted by Gasteiger charge is -2.16. The van der Waals surface area contributed by atoms with E-state index in [9.17, 15) is 14.6 Å². The fraction of sp³-hybridized carbons (Fsp3) is 0.417. The molecule has 3 heterocycles. The summed E-state index contributed by atoms with van der Waals surface area (Å²) in [5.41, 5.74) is 0.457. The molecule has 3 rings (SSSR count). The van der Waals surface area contributed by atoms with Gasteiger partial charge in [-0.1, -0.05) is 11.6 Å². The first-order valence-electron chi connectivity index (χ1n) is 6.36. The lowest BCUT2D eigenvalue weighted by molar-refractivity contribution is -0.0511. The Bertz CT molecular complexity index is 724. The lowest BCUT2D eigenvalue weighted by Crippen LogP contribution is -2.33. The van der Waals surface area contributed by atoms with Gasteiger partial charge in [0.2, 0.25) is 0 Å². The molecule has 2 aromatic heterocycles. The van der Waals surface area contributed by atoms with E-state index in [1.165, 1.54) is 10.9 Å². The van der Waals surface area contributed by atoms with Gasteiger partial charge in [0.15, 0.2) is 22.9 Å². The molecule has 0 unspecified atom stereocenters. The van der Waals surface area contributed by atoms with Crippen molar-refractivity contribution in [2.75, 3.05) is 6.61 Å². The zero-order valence-electron chi connectivity index (χ0n) is 11.0. The van der Waals surface area contributed by atoms with E-state index in [0.717, 1.165) is 6.08 Å². The van der Waals surface area contributed by atoms with Crippen molar-refractivity contribution in [3.63, 3.8) is 0 Å². The number of nitrogens with zero attached hydrogens (tertiary/aromatic N) is 4. The molecular weight excluding hydrogens is 319 g/mol. The normalized spacial score (nSPS) is 29.0. The molecule has 0 saturated carbocycles. The highest BCUT2D eigenvalue weighted by Crippen LogP contribution is 2.32. The number of hydrogen-bond acceptors (Lipinski definition) is 7. The van der Waals surface area contributed by atoms with Crippen LogP contribution in [-0.2, 0) is 4.74 Å². The maximum Gasteiger partial charge on any atom is 0.167 e. The molecule has 0 spiro atoms. The highest BCUT2D eigenvalue weighted by Gasteiger charge is 2.44. The van der Waals surface area contributed by atoms with Crippen molar-refractivity contribution in [3.8, 4) is 0 Å². The molecule has 1 aliphatic heterocycles. The summed E-state index contributed by atoms with van der Waals surface area (Å²) in [6, 6.07) is 0. The van der Waals surface area contributed by atoms with Crippen LogP contribution in [0.5, 0.6) is 0 Å². The molecule has 0 aliphatic carbocycles. The number of rotatable bonds is 3. The van der Waals surface area contributed by atoms with Crippen molar-refractivity contribution in [3.05, 3.63) is 23.6 Å². The molecule has 8 nitrogen and oxygen atoms in total. The van der Waals surface area contributed by atoms with E-state index in [2.05, 4.69) is 15.0 Å². The van der Waals surface area contributed by atoms with Crippen molar-refractivity contribution < 1.29 is 24.4 Å². The van der Waals surface area contributed by atoms with Gasteiger partial charge in [-0.25, -0.2) is 19.3 Å². The molecule has 1 saturated heterocycles. The van der Waals surface area contributed by atoms with Crippen LogP contribution in [-0.4, -0.2) is 59.8 Å². The zero-order chi connectivity index (χ0) is 15.9. The number of fused-ring (bicyclic) bond motifs is 1. The van der Waals surface area contributed by atoms with Crippen LogP contribution in [0.25, 0.3) is 17.2 Å². The number of ether oxygens (including phenoxy) is 1. The highest BCUT2D eigenvalue weighted by atomic mass is 35.5. The molecular formula is C12H12ClFN4O4. The number of imidazole rings is 1. The van der Waals surface area contributed by atoms with Gasteiger partial charge in [-0.05, 0) is 0 Å². The van der Waals surface area contributed by atoms with E-state index in [4.69, 9.17) is 21.4 Å². The molecule has 0 amide bonds. The van der Waals surface area contributed by atoms with Gasteiger partial charge >= 0.3 is 0 Å². The van der Waals surface area contributed by atoms with Crippen molar-refractivity contribution >= 4 is 28.8 Å². The summed E-state index contributed by atoms with van der Waals surface area (Å²) in [5, 5.41) is 29.0. The maximum atomic E-state index is 12.3. The first-order chi connectivity index (χ1) is 10.6. The largest absolute Gasteiger partial charge is 0.394 e. The highest BCUT2D eigenvalue weighted by molar-refractivity contribution is 6.33. The quantitative estimate of drug-likeness (QED) is 0.680. The average Bonchev–Trinajstić information content (AvgIpc) is 3.03. The fourth-order valence-electron chi connectivity index (χ4n) is 2.32. The van der Waals surface area contributed by atoms with Crippen LogP contribution < -0.4 is 0 Å². The zero-order valence-corrected chi connectivity index (χ0v) is 11.8. The smallest absolute Gasteiger partial charge is 0.167 e. The third-order valence-electron chi connectivity index (χ3n) is 3.40. The van der Waals surface area contributed by atoms with Gasteiger partial charge < -0.3 is 20.1 Å². The molecule has 22 heavy (non-hydrogen) atoms. The van der Waals surface area contributed by atoms with Gasteiger partial charge in [0.25, 0.3) is 0 Å². The van der Waals surface area contributed by atoms with Gasteiger partial charge in [0, 0.05) is 6.08 Å². The molecule has 0 bridgehead atoms. The van der Waals surface area contributed by atoms with Gasteiger partial charge in [-0.2, -0.15) is 0 Å². The molecule has 3 N–H and O–H groups in total. The van der Waals surface area contributed by atoms with Gasteiger partial charge in [-0.3, -0.25) is 4.57 Å². The summed E-state index contributed by atoms with van der Waals surface area (Å²) in [6.45, 7) is -0.451. The Balaban J connectivity index is 2.08. The van der Waals surface area contributed by atoms with Crippen molar-refractivity contribution in [2.24, 2.45) is 0 Å². The second-order valence-electron chi connectivity index (χ2n) is 4.72. The van der Waals surface area contributed by atoms with E-state index >= 15 is 0 Å². The van der Waals surface area contributed by atoms with E-state index in [1.807, 2.05) is 0 Å². The van der Waals surface area contributed by atoms with Gasteiger partial charge in [-0.15, -0.1) is 0 Å². The minimum Gasteiger partial charge on any atom is -0.394 e. The SMILES string of the molecule is OC[C@H]1O[C@@H](n2cnc3c(Cl)nc(/C=C\F)nc32)[C@H](O)[C@@H]1O. The molecule has 0 radical (unpaired) electrons. The standard InChI is InChI=1S/C12H12ClFN4O4/c13-10-7-11(17-6(16-10)1-2-14)18(4-15-7)12-9(21)8(20)5(3-19)22-12/h1-2,4-5,8-9,12,19-21H,3H2/b2-1-/t5-,8-,9-,12-/m1/s1. The Morgan fingerprint density at radius 1 is 1.36 bits per heavy atom. The Morgan fingerprint density at radius 3 is 2.77 bits per heavy atom. The summed E-state index contributed by atoms with van der Waals surface area (Å²) >= 11 is 5.96. The molecule has 4 atom stereocenters. The summed E-state index contributed by atoms with van der Waals surface area (Å²) < 4.78 is 19.1. The molecule has 2 aromatic rings. The van der Waals surface area contributed by atoms with Crippen LogP contribution in [0.3, 0.4) is 0 Å². The van der Waals surface area contributed by atoms with Crippen LogP contribution >= 0.6 is 11.6 Å². The third kappa shape index (κ3) is 2.36. The molecule has 10 heteroatoms. The van der Waals surface area contributed by atoms with E-state index in [0.29, 0.717) is 0 Å². The van der Waals surface area contributed by atoms with Gasteiger partial charge in [0.05, 0.1) is 19.3 Å². The second-order valence-corrected chi connectivity index (χ2v) is 5.08. The number of hydrogen-bond donors (Lipinski definition) is 3. The summed E-state index contributed by atoms with van der Waals surface area (Å²) in [7, 11) is 0. The average molecular weight is 331 g/mol. The fourth-order valence-corrected chi connectivity index (χ4v) is 2.54. The van der Waals surface area contributed by atoms with E-state index in [1.54, 1.807) is 0 Å². The first kappa shape index (κ1) is 15.3.